The van der Waals surface area contributed by atoms with E-state index in [1.54, 1.807) is 34.7 Å². The lowest BCUT2D eigenvalue weighted by molar-refractivity contribution is 0.102. The zero-order valence-electron chi connectivity index (χ0n) is 16.7. The molecule has 0 spiro atoms. The Kier molecular flexibility index (Phi) is 5.04. The van der Waals surface area contributed by atoms with Crippen LogP contribution in [0.4, 0.5) is 24.8 Å². The number of hydrogen-bond donors (Lipinski definition) is 2. The zero-order valence-corrected chi connectivity index (χ0v) is 17.5. The van der Waals surface area contributed by atoms with E-state index in [4.69, 9.17) is 0 Å². The molecule has 4 aromatic rings. The lowest BCUT2D eigenvalue weighted by Gasteiger charge is -2.10. The van der Waals surface area contributed by atoms with Gasteiger partial charge < -0.3 is 10.2 Å². The molecule has 0 unspecified atom stereocenters. The number of aromatic nitrogens is 6. The first-order valence-electron chi connectivity index (χ1n) is 9.75. The van der Waals surface area contributed by atoms with Crippen molar-refractivity contribution in [1.82, 2.24) is 29.8 Å². The number of nitrogens with one attached hydrogen (secondary N) is 2. The highest BCUT2D eigenvalue weighted by atomic mass is 32.1. The second-order valence-corrected chi connectivity index (χ2v) is 8.54. The third kappa shape index (κ3) is 3.68. The molecular weight excluding hydrogens is 445 g/mol. The van der Waals surface area contributed by atoms with Gasteiger partial charge in [0.2, 0.25) is 5.95 Å². The van der Waals surface area contributed by atoms with Crippen LogP contribution in [0.25, 0.3) is 16.2 Å². The maximum atomic E-state index is 13.5. The number of carbonyl (C=O) groups excluding carboxylic acids is 1. The second kappa shape index (κ2) is 7.89. The maximum absolute atomic E-state index is 13.5. The number of alkyl halides is 3. The van der Waals surface area contributed by atoms with Crippen LogP contribution in [0.3, 0.4) is 0 Å². The van der Waals surface area contributed by atoms with E-state index in [9.17, 15) is 18.0 Å². The van der Waals surface area contributed by atoms with Crippen LogP contribution < -0.4 is 10.2 Å². The molecule has 1 fully saturated rings. The molecule has 0 radical (unpaired) electrons. The summed E-state index contributed by atoms with van der Waals surface area (Å²) < 4.78 is 41.2. The Morgan fingerprint density at radius 2 is 2.22 bits per heavy atom. The minimum Gasteiger partial charge on any atom is -0.336 e. The number of fused-ring (bicyclic) bond motifs is 1. The average molecular weight is 462 g/mol. The molecule has 1 atom stereocenters. The molecule has 0 bridgehead atoms. The Morgan fingerprint density at radius 3 is 2.94 bits per heavy atom. The average Bonchev–Trinajstić information content (AvgIpc) is 3.52. The van der Waals surface area contributed by atoms with Gasteiger partial charge in [-0.1, -0.05) is 0 Å². The number of thiazole rings is 1. The van der Waals surface area contributed by atoms with Gasteiger partial charge in [0, 0.05) is 29.4 Å². The molecule has 2 N–H and O–H groups in total. The van der Waals surface area contributed by atoms with Crippen molar-refractivity contribution >= 4 is 34.5 Å². The van der Waals surface area contributed by atoms with Crippen LogP contribution in [-0.2, 0) is 0 Å². The fourth-order valence-corrected chi connectivity index (χ4v) is 4.46. The number of carbonyl (C=O) groups is 1. The Balaban J connectivity index is 1.37. The van der Waals surface area contributed by atoms with E-state index < -0.39 is 18.5 Å². The summed E-state index contributed by atoms with van der Waals surface area (Å²) in [5.74, 6) is -0.0775. The fourth-order valence-electron chi connectivity index (χ4n) is 3.52. The van der Waals surface area contributed by atoms with Crippen LogP contribution >= 0.6 is 11.3 Å². The van der Waals surface area contributed by atoms with Crippen LogP contribution in [0.1, 0.15) is 33.9 Å². The smallest absolute Gasteiger partial charge is 0.281 e. The second-order valence-electron chi connectivity index (χ2n) is 7.34. The minimum absolute atomic E-state index is 0.104. The van der Waals surface area contributed by atoms with E-state index in [-0.39, 0.29) is 22.9 Å². The predicted molar refractivity (Wildman–Crippen MR) is 112 cm³/mol. The molecule has 1 aliphatic heterocycles. The summed E-state index contributed by atoms with van der Waals surface area (Å²) in [6.07, 6.45) is -0.123. The van der Waals surface area contributed by atoms with Crippen molar-refractivity contribution in [3.05, 3.63) is 40.8 Å². The number of aromatic amines is 1. The van der Waals surface area contributed by atoms with Crippen LogP contribution in [0, 0.1) is 6.92 Å². The molecule has 0 saturated carbocycles. The van der Waals surface area contributed by atoms with Crippen LogP contribution in [-0.4, -0.2) is 54.9 Å². The van der Waals surface area contributed by atoms with Gasteiger partial charge >= 0.3 is 0 Å². The van der Waals surface area contributed by atoms with E-state index in [0.29, 0.717) is 40.7 Å². The standard InChI is InChI=1S/C19H17F3N8OS/c1-9-14(16(21)22)26-18(32-9)12-7-23-27-15(12)17(31)24-11-3-5-30-13(6-11)25-19(28-30)29-4-2-10(20)8-29/h3,5-7,10,16H,2,4,8H2,1H3,(H,23,27)(H,24,31)/t10-/m0/s1. The van der Waals surface area contributed by atoms with Crippen LogP contribution in [0.2, 0.25) is 0 Å². The summed E-state index contributed by atoms with van der Waals surface area (Å²) in [6.45, 7) is 2.36. The fraction of sp³-hybridized carbons (Fsp3) is 0.316. The first-order chi connectivity index (χ1) is 15.4. The summed E-state index contributed by atoms with van der Waals surface area (Å²) in [5.41, 5.74) is 1.08. The molecule has 5 heterocycles. The van der Waals surface area contributed by atoms with Crippen LogP contribution in [0.5, 0.6) is 0 Å². The number of anilines is 2. The first-order valence-corrected chi connectivity index (χ1v) is 10.6. The van der Waals surface area contributed by atoms with E-state index >= 15 is 0 Å². The monoisotopic (exact) mass is 462 g/mol. The number of pyridine rings is 1. The quantitative estimate of drug-likeness (QED) is 0.470. The number of hydrogen-bond acceptors (Lipinski definition) is 7. The first kappa shape index (κ1) is 20.4. The number of nitrogens with zero attached hydrogens (tertiary/aromatic N) is 6. The van der Waals surface area contributed by atoms with Crippen molar-refractivity contribution < 1.29 is 18.0 Å². The number of halogens is 3. The predicted octanol–water partition coefficient (Wildman–Crippen LogP) is 3.62. The number of amides is 1. The van der Waals surface area contributed by atoms with Gasteiger partial charge in [-0.2, -0.15) is 10.1 Å². The van der Waals surface area contributed by atoms with Crippen molar-refractivity contribution in [2.45, 2.75) is 25.9 Å². The molecule has 4 aromatic heterocycles. The van der Waals surface area contributed by atoms with E-state index in [1.165, 1.54) is 6.20 Å². The van der Waals surface area contributed by atoms with Crippen LogP contribution in [0.15, 0.2) is 24.5 Å². The molecule has 5 rings (SSSR count). The Bertz CT molecular complexity index is 1300. The molecule has 1 saturated heterocycles. The molecule has 32 heavy (non-hydrogen) atoms. The minimum atomic E-state index is -2.69. The third-order valence-corrected chi connectivity index (χ3v) is 6.15. The lowest BCUT2D eigenvalue weighted by atomic mass is 10.2. The number of H-pyrrole nitrogens is 1. The van der Waals surface area contributed by atoms with Gasteiger partial charge in [0.15, 0.2) is 5.65 Å². The van der Waals surface area contributed by atoms with Crippen molar-refractivity contribution in [2.75, 3.05) is 23.3 Å². The molecule has 0 aromatic carbocycles. The van der Waals surface area contributed by atoms with E-state index in [0.717, 1.165) is 11.3 Å². The summed E-state index contributed by atoms with van der Waals surface area (Å²) in [7, 11) is 0. The van der Waals surface area contributed by atoms with Gasteiger partial charge in [-0.05, 0) is 19.4 Å². The molecule has 166 valence electrons. The molecule has 13 heteroatoms. The van der Waals surface area contributed by atoms with Crippen molar-refractivity contribution in [3.8, 4) is 10.6 Å². The van der Waals surface area contributed by atoms with Gasteiger partial charge in [0.25, 0.3) is 12.3 Å². The summed E-state index contributed by atoms with van der Waals surface area (Å²) in [6, 6.07) is 3.28. The normalized spacial score (nSPS) is 16.4. The van der Waals surface area contributed by atoms with Crippen molar-refractivity contribution in [3.63, 3.8) is 0 Å². The SMILES string of the molecule is Cc1sc(-c2cn[nH]c2C(=O)Nc2ccn3nc(N4CC[C@H](F)C4)nc3c2)nc1C(F)F. The summed E-state index contributed by atoms with van der Waals surface area (Å²) in [4.78, 5) is 23.4. The molecule has 1 amide bonds. The summed E-state index contributed by atoms with van der Waals surface area (Å²) >= 11 is 1.07. The van der Waals surface area contributed by atoms with Crippen molar-refractivity contribution in [1.29, 1.82) is 0 Å². The highest BCUT2D eigenvalue weighted by Gasteiger charge is 2.25. The number of rotatable bonds is 5. The highest BCUT2D eigenvalue weighted by molar-refractivity contribution is 7.15. The van der Waals surface area contributed by atoms with Crippen molar-refractivity contribution in [2.24, 2.45) is 0 Å². The Hall–Kier alpha value is -3.48. The van der Waals surface area contributed by atoms with Gasteiger partial charge in [-0.15, -0.1) is 16.4 Å². The maximum Gasteiger partial charge on any atom is 0.281 e. The Labute approximate surface area is 183 Å². The Morgan fingerprint density at radius 1 is 1.38 bits per heavy atom. The molecular formula is C19H17F3N8OS. The van der Waals surface area contributed by atoms with Gasteiger partial charge in [0.1, 0.15) is 22.6 Å². The molecule has 0 aliphatic carbocycles. The summed E-state index contributed by atoms with van der Waals surface area (Å²) in [5, 5.41) is 13.9. The highest BCUT2D eigenvalue weighted by Crippen LogP contribution is 2.33. The largest absolute Gasteiger partial charge is 0.336 e. The molecule has 9 nitrogen and oxygen atoms in total. The van der Waals surface area contributed by atoms with E-state index in [2.05, 4.69) is 30.6 Å². The van der Waals surface area contributed by atoms with Gasteiger partial charge in [0.05, 0.1) is 18.3 Å². The number of aryl methyl sites for hydroxylation is 1. The van der Waals surface area contributed by atoms with Gasteiger partial charge in [-0.3, -0.25) is 9.89 Å². The van der Waals surface area contributed by atoms with Gasteiger partial charge in [-0.25, -0.2) is 22.7 Å². The van der Waals surface area contributed by atoms with E-state index in [1.807, 2.05) is 0 Å². The lowest BCUT2D eigenvalue weighted by Crippen LogP contribution is -2.21. The zero-order chi connectivity index (χ0) is 22.4. The third-order valence-electron chi connectivity index (χ3n) is 5.13. The molecule has 1 aliphatic rings. The topological polar surface area (TPSA) is 104 Å².